The Morgan fingerprint density at radius 2 is 1.76 bits per heavy atom. The first-order valence-corrected chi connectivity index (χ1v) is 7.16. The Bertz CT molecular complexity index is 222. The predicted molar refractivity (Wildman–Crippen MR) is 74.1 cm³/mol. The van der Waals surface area contributed by atoms with E-state index in [1.165, 1.54) is 12.8 Å². The molecule has 0 spiro atoms. The molecule has 0 aromatic heterocycles. The van der Waals surface area contributed by atoms with E-state index < -0.39 is 5.60 Å². The van der Waals surface area contributed by atoms with Crippen LogP contribution in [0.3, 0.4) is 0 Å². The molecular weight excluding hydrogens is 210 g/mol. The molecule has 0 atom stereocenters. The minimum Gasteiger partial charge on any atom is -0.389 e. The zero-order chi connectivity index (χ0) is 13.1. The van der Waals surface area contributed by atoms with Gasteiger partial charge in [-0.3, -0.25) is 0 Å². The van der Waals surface area contributed by atoms with Crippen molar-refractivity contribution in [2.45, 2.75) is 65.9 Å². The van der Waals surface area contributed by atoms with Crippen LogP contribution in [0.5, 0.6) is 0 Å². The van der Waals surface area contributed by atoms with Crippen molar-refractivity contribution >= 4 is 0 Å². The van der Waals surface area contributed by atoms with Crippen LogP contribution in [0.1, 0.15) is 60.3 Å². The topological polar surface area (TPSA) is 32.3 Å². The van der Waals surface area contributed by atoms with Gasteiger partial charge in [0, 0.05) is 6.54 Å². The lowest BCUT2D eigenvalue weighted by Gasteiger charge is -2.41. The van der Waals surface area contributed by atoms with Gasteiger partial charge >= 0.3 is 0 Å². The molecule has 102 valence electrons. The van der Waals surface area contributed by atoms with Crippen molar-refractivity contribution in [2.75, 3.05) is 13.1 Å². The molecule has 0 aromatic carbocycles. The molecule has 0 aromatic rings. The summed E-state index contributed by atoms with van der Waals surface area (Å²) in [6, 6.07) is 0. The minimum atomic E-state index is -0.448. The summed E-state index contributed by atoms with van der Waals surface area (Å²) in [5.41, 5.74) is -0.0523. The van der Waals surface area contributed by atoms with Gasteiger partial charge in [0.2, 0.25) is 0 Å². The summed E-state index contributed by atoms with van der Waals surface area (Å²) in [5.74, 6) is 1.43. The van der Waals surface area contributed by atoms with Crippen LogP contribution in [0.2, 0.25) is 0 Å². The van der Waals surface area contributed by atoms with E-state index in [0.29, 0.717) is 11.3 Å². The lowest BCUT2D eigenvalue weighted by atomic mass is 9.68. The molecule has 1 saturated carbocycles. The van der Waals surface area contributed by atoms with Gasteiger partial charge in [-0.2, -0.15) is 0 Å². The second-order valence-corrected chi connectivity index (χ2v) is 7.39. The fourth-order valence-electron chi connectivity index (χ4n) is 2.79. The standard InChI is InChI=1S/C15H31NO/c1-12(2)10-16-11-15(17)8-6-13(7-9-15)14(3,4)5/h12-13,16-17H,6-11H2,1-5H3. The van der Waals surface area contributed by atoms with E-state index >= 15 is 0 Å². The Hall–Kier alpha value is -0.0800. The van der Waals surface area contributed by atoms with Crippen LogP contribution in [0.4, 0.5) is 0 Å². The maximum atomic E-state index is 10.5. The smallest absolute Gasteiger partial charge is 0.0771 e. The Balaban J connectivity index is 2.34. The highest BCUT2D eigenvalue weighted by Crippen LogP contribution is 2.41. The van der Waals surface area contributed by atoms with Crippen molar-refractivity contribution in [1.29, 1.82) is 0 Å². The molecule has 2 nitrogen and oxygen atoms in total. The first-order chi connectivity index (χ1) is 7.73. The van der Waals surface area contributed by atoms with Gasteiger partial charge < -0.3 is 10.4 Å². The average molecular weight is 241 g/mol. The maximum absolute atomic E-state index is 10.5. The molecule has 0 heterocycles. The molecule has 0 aliphatic heterocycles. The molecular formula is C15H31NO. The summed E-state index contributed by atoms with van der Waals surface area (Å²) < 4.78 is 0. The van der Waals surface area contributed by atoms with Crippen LogP contribution in [0.25, 0.3) is 0 Å². The zero-order valence-corrected chi connectivity index (χ0v) is 12.3. The van der Waals surface area contributed by atoms with Gasteiger partial charge in [-0.1, -0.05) is 34.6 Å². The van der Waals surface area contributed by atoms with Crippen molar-refractivity contribution in [2.24, 2.45) is 17.3 Å². The van der Waals surface area contributed by atoms with E-state index in [-0.39, 0.29) is 0 Å². The Labute approximate surface area is 107 Å². The second kappa shape index (κ2) is 5.71. The Morgan fingerprint density at radius 3 is 2.18 bits per heavy atom. The quantitative estimate of drug-likeness (QED) is 0.792. The van der Waals surface area contributed by atoms with Gasteiger partial charge in [0.25, 0.3) is 0 Å². The molecule has 0 unspecified atom stereocenters. The predicted octanol–water partition coefficient (Wildman–Crippen LogP) is 3.20. The molecule has 1 fully saturated rings. The summed E-state index contributed by atoms with van der Waals surface area (Å²) in [4.78, 5) is 0. The van der Waals surface area contributed by atoms with E-state index in [2.05, 4.69) is 39.9 Å². The van der Waals surface area contributed by atoms with Gasteiger partial charge in [-0.05, 0) is 49.5 Å². The third kappa shape index (κ3) is 4.97. The molecule has 17 heavy (non-hydrogen) atoms. The molecule has 1 aliphatic rings. The van der Waals surface area contributed by atoms with Crippen LogP contribution in [0, 0.1) is 17.3 Å². The summed E-state index contributed by atoms with van der Waals surface area (Å²) >= 11 is 0. The number of hydrogen-bond donors (Lipinski definition) is 2. The van der Waals surface area contributed by atoms with E-state index in [1.54, 1.807) is 0 Å². The second-order valence-electron chi connectivity index (χ2n) is 7.39. The maximum Gasteiger partial charge on any atom is 0.0771 e. The lowest BCUT2D eigenvalue weighted by Crippen LogP contribution is -2.45. The number of rotatable bonds is 4. The van der Waals surface area contributed by atoms with Crippen LogP contribution >= 0.6 is 0 Å². The van der Waals surface area contributed by atoms with Crippen molar-refractivity contribution in [3.63, 3.8) is 0 Å². The van der Waals surface area contributed by atoms with Gasteiger partial charge in [0.05, 0.1) is 5.60 Å². The Kier molecular flexibility index (Phi) is 5.03. The van der Waals surface area contributed by atoms with Gasteiger partial charge in [-0.15, -0.1) is 0 Å². The van der Waals surface area contributed by atoms with Crippen molar-refractivity contribution in [1.82, 2.24) is 5.32 Å². The van der Waals surface area contributed by atoms with Crippen molar-refractivity contribution < 1.29 is 5.11 Å². The van der Waals surface area contributed by atoms with Crippen LogP contribution in [-0.2, 0) is 0 Å². The first-order valence-electron chi connectivity index (χ1n) is 7.16. The van der Waals surface area contributed by atoms with E-state index in [0.717, 1.165) is 31.8 Å². The summed E-state index contributed by atoms with van der Waals surface area (Å²) in [6.45, 7) is 13.1. The molecule has 0 bridgehead atoms. The number of aliphatic hydroxyl groups is 1. The molecule has 1 rings (SSSR count). The average Bonchev–Trinajstić information content (AvgIpc) is 2.15. The monoisotopic (exact) mass is 241 g/mol. The number of nitrogens with one attached hydrogen (secondary N) is 1. The molecule has 0 saturated heterocycles. The largest absolute Gasteiger partial charge is 0.389 e. The van der Waals surface area contributed by atoms with Crippen LogP contribution in [-0.4, -0.2) is 23.8 Å². The van der Waals surface area contributed by atoms with Gasteiger partial charge in [-0.25, -0.2) is 0 Å². The summed E-state index contributed by atoms with van der Waals surface area (Å²) in [6.07, 6.45) is 4.26. The van der Waals surface area contributed by atoms with Crippen LogP contribution < -0.4 is 5.32 Å². The normalized spacial score (nSPS) is 30.9. The SMILES string of the molecule is CC(C)CNCC1(O)CCC(C(C)(C)C)CC1. The number of hydrogen-bond acceptors (Lipinski definition) is 2. The summed E-state index contributed by atoms with van der Waals surface area (Å²) in [5, 5.41) is 13.9. The molecule has 2 N–H and O–H groups in total. The van der Waals surface area contributed by atoms with E-state index in [9.17, 15) is 5.11 Å². The van der Waals surface area contributed by atoms with Crippen molar-refractivity contribution in [3.05, 3.63) is 0 Å². The summed E-state index contributed by atoms with van der Waals surface area (Å²) in [7, 11) is 0. The molecule has 2 heteroatoms. The highest BCUT2D eigenvalue weighted by molar-refractivity contribution is 4.90. The first kappa shape index (κ1) is 15.0. The highest BCUT2D eigenvalue weighted by Gasteiger charge is 2.36. The van der Waals surface area contributed by atoms with Crippen LogP contribution in [0.15, 0.2) is 0 Å². The minimum absolute atomic E-state index is 0.396. The highest BCUT2D eigenvalue weighted by atomic mass is 16.3. The zero-order valence-electron chi connectivity index (χ0n) is 12.3. The van der Waals surface area contributed by atoms with E-state index in [4.69, 9.17) is 0 Å². The van der Waals surface area contributed by atoms with Gasteiger partial charge in [0.1, 0.15) is 0 Å². The molecule has 0 amide bonds. The molecule has 0 radical (unpaired) electrons. The third-order valence-corrected chi connectivity index (χ3v) is 4.15. The van der Waals surface area contributed by atoms with Crippen molar-refractivity contribution in [3.8, 4) is 0 Å². The Morgan fingerprint density at radius 1 is 1.24 bits per heavy atom. The lowest BCUT2D eigenvalue weighted by molar-refractivity contribution is -0.0239. The van der Waals surface area contributed by atoms with Gasteiger partial charge in [0.15, 0.2) is 0 Å². The molecule has 1 aliphatic carbocycles. The fourth-order valence-corrected chi connectivity index (χ4v) is 2.79. The van der Waals surface area contributed by atoms with E-state index in [1.807, 2.05) is 0 Å². The third-order valence-electron chi connectivity index (χ3n) is 4.15. The fraction of sp³-hybridized carbons (Fsp3) is 1.00.